The Morgan fingerprint density at radius 2 is 1.44 bits per heavy atom. The summed E-state index contributed by atoms with van der Waals surface area (Å²) in [6, 6.07) is 0. The molecule has 2 saturated heterocycles. The first-order chi connectivity index (χ1) is 26.6. The van der Waals surface area contributed by atoms with Crippen molar-refractivity contribution in [2.45, 2.75) is 173 Å². The number of aliphatic hydroxyl groups excluding tert-OH is 9. The molecule has 0 spiro atoms. The third kappa shape index (κ3) is 6.43. The van der Waals surface area contributed by atoms with Crippen molar-refractivity contribution in [1.29, 1.82) is 0 Å². The van der Waals surface area contributed by atoms with Crippen LogP contribution in [0.4, 0.5) is 0 Å². The van der Waals surface area contributed by atoms with E-state index in [0.29, 0.717) is 19.3 Å². The SMILES string of the molecule is C[C@]1(CO)C[C@@H](O)[C@]2(C)CC[C@]3(C)C(=CC[C@@H]4[C@@]5(C)CC[C@H](O[C@@H]6O[C@H](C(=O)O)[C@@H](O)[C@H](O)[C@H]6O[C@@H]6O[C@H](CO)[C@@H](O)[C@H](O)[C@H]6O)[C@](C)(CO)C5CC[C@]43C)[C@@H]2C1. The molecule has 15 heteroatoms. The second kappa shape index (κ2) is 14.9. The number of ether oxygens (including phenoxy) is 4. The minimum atomic E-state index is -1.98. The maximum Gasteiger partial charge on any atom is 0.335 e. The molecule has 6 fully saturated rings. The number of carbonyl (C=O) groups is 1. The van der Waals surface area contributed by atoms with Crippen LogP contribution in [0.15, 0.2) is 11.6 Å². The number of aliphatic hydroxyl groups is 9. The van der Waals surface area contributed by atoms with Crippen LogP contribution >= 0.6 is 0 Å². The van der Waals surface area contributed by atoms with Gasteiger partial charge in [0.05, 0.1) is 25.4 Å². The van der Waals surface area contributed by atoms with Crippen LogP contribution in [0.25, 0.3) is 0 Å². The average Bonchev–Trinajstić information content (AvgIpc) is 3.16. The van der Waals surface area contributed by atoms with Gasteiger partial charge in [-0.1, -0.05) is 53.2 Å². The minimum Gasteiger partial charge on any atom is -0.479 e. The number of aliphatic carboxylic acids is 1. The van der Waals surface area contributed by atoms with Crippen molar-refractivity contribution in [3.8, 4) is 0 Å². The summed E-state index contributed by atoms with van der Waals surface area (Å²) >= 11 is 0. The predicted octanol–water partition coefficient (Wildman–Crippen LogP) is 0.825. The van der Waals surface area contributed by atoms with Gasteiger partial charge < -0.3 is 70.0 Å². The molecular formula is C42H68O15. The summed E-state index contributed by atoms with van der Waals surface area (Å²) < 4.78 is 23.8. The highest BCUT2D eigenvalue weighted by Gasteiger charge is 2.70. The highest BCUT2D eigenvalue weighted by molar-refractivity contribution is 5.73. The van der Waals surface area contributed by atoms with Crippen molar-refractivity contribution in [2.24, 2.45) is 50.2 Å². The molecule has 0 amide bonds. The quantitative estimate of drug-likeness (QED) is 0.120. The Bertz CT molecular complexity index is 1540. The molecule has 21 atom stereocenters. The van der Waals surface area contributed by atoms with Crippen LogP contribution in [0.3, 0.4) is 0 Å². The van der Waals surface area contributed by atoms with Gasteiger partial charge >= 0.3 is 5.97 Å². The average molecular weight is 813 g/mol. The number of hydrogen-bond acceptors (Lipinski definition) is 14. The fraction of sp³-hybridized carbons (Fsp3) is 0.929. The smallest absolute Gasteiger partial charge is 0.335 e. The number of fused-ring (bicyclic) bond motifs is 7. The molecule has 15 nitrogen and oxygen atoms in total. The number of allylic oxidation sites excluding steroid dienone is 2. The van der Waals surface area contributed by atoms with Crippen molar-refractivity contribution < 1.29 is 74.8 Å². The lowest BCUT2D eigenvalue weighted by Crippen LogP contribution is -2.68. The first-order valence-electron chi connectivity index (χ1n) is 21.1. The molecule has 326 valence electrons. The zero-order valence-electron chi connectivity index (χ0n) is 34.2. The Hall–Kier alpha value is -1.31. The Morgan fingerprint density at radius 1 is 0.737 bits per heavy atom. The number of rotatable bonds is 8. The standard InChI is InChI=1S/C42H68O15/c1-37(18-44)15-21-20-7-8-24-39(3)11-10-26(40(4,19-45)23(39)9-12-42(24,6)41(20,5)14-13-38(21,2)25(46)16-37)55-36-33(30(50)29(49)32(56-36)34(52)53)57-35-31(51)28(48)27(47)22(17-43)54-35/h7,21-33,35-36,43-51H,8-19H2,1-6H3,(H,52,53)/t21-,22+,23?,24+,25+,26-,27+,28-,29-,30-,31+,32-,33+,35-,36+,37+,38+,39-,40+,41+,42+/m0/s1. The highest BCUT2D eigenvalue weighted by Crippen LogP contribution is 2.76. The highest BCUT2D eigenvalue weighted by atomic mass is 16.8. The van der Waals surface area contributed by atoms with Gasteiger partial charge in [-0.05, 0) is 97.2 Å². The molecule has 0 aromatic heterocycles. The third-order valence-corrected chi connectivity index (χ3v) is 17.7. The van der Waals surface area contributed by atoms with E-state index >= 15 is 0 Å². The number of carboxylic acids is 1. The third-order valence-electron chi connectivity index (χ3n) is 17.7. The molecule has 0 bridgehead atoms. The van der Waals surface area contributed by atoms with E-state index < -0.39 is 91.6 Å². The lowest BCUT2D eigenvalue weighted by atomic mass is 9.33. The lowest BCUT2D eigenvalue weighted by Gasteiger charge is -2.72. The maximum absolute atomic E-state index is 12.2. The summed E-state index contributed by atoms with van der Waals surface area (Å²) in [5.74, 6) is -1.20. The normalized spacial score (nSPS) is 56.4. The van der Waals surface area contributed by atoms with E-state index in [1.54, 1.807) is 0 Å². The summed E-state index contributed by atoms with van der Waals surface area (Å²) in [5, 5.41) is 106. The van der Waals surface area contributed by atoms with E-state index in [0.717, 1.165) is 38.5 Å². The van der Waals surface area contributed by atoms with Gasteiger partial charge in [0.15, 0.2) is 18.7 Å². The molecule has 4 saturated carbocycles. The van der Waals surface area contributed by atoms with Gasteiger partial charge in [-0.25, -0.2) is 4.79 Å². The van der Waals surface area contributed by atoms with Crippen molar-refractivity contribution in [3.05, 3.63) is 11.6 Å². The van der Waals surface area contributed by atoms with E-state index in [4.69, 9.17) is 18.9 Å². The molecule has 7 rings (SSSR count). The minimum absolute atomic E-state index is 0.0340. The summed E-state index contributed by atoms with van der Waals surface area (Å²) in [6.45, 7) is 12.5. The summed E-state index contributed by atoms with van der Waals surface area (Å²) in [7, 11) is 0. The van der Waals surface area contributed by atoms with Crippen LogP contribution in [0.5, 0.6) is 0 Å². The Morgan fingerprint density at radius 3 is 2.07 bits per heavy atom. The van der Waals surface area contributed by atoms with Crippen molar-refractivity contribution in [3.63, 3.8) is 0 Å². The van der Waals surface area contributed by atoms with Gasteiger partial charge in [-0.15, -0.1) is 0 Å². The fourth-order valence-electron chi connectivity index (χ4n) is 13.7. The molecule has 2 heterocycles. The number of hydrogen-bond donors (Lipinski definition) is 10. The van der Waals surface area contributed by atoms with Crippen LogP contribution in [0, 0.1) is 50.2 Å². The molecule has 0 radical (unpaired) electrons. The molecule has 10 N–H and O–H groups in total. The van der Waals surface area contributed by atoms with Gasteiger partial charge in [0.1, 0.15) is 42.7 Å². The van der Waals surface area contributed by atoms with Gasteiger partial charge in [-0.3, -0.25) is 0 Å². The maximum atomic E-state index is 12.2. The topological polar surface area (TPSA) is 256 Å². The molecule has 0 aromatic carbocycles. The van der Waals surface area contributed by atoms with Gasteiger partial charge in [0.25, 0.3) is 0 Å². The van der Waals surface area contributed by atoms with Crippen molar-refractivity contribution >= 4 is 5.97 Å². The monoisotopic (exact) mass is 812 g/mol. The predicted molar refractivity (Wildman–Crippen MR) is 201 cm³/mol. The first kappa shape index (κ1) is 43.8. The molecule has 1 unspecified atom stereocenters. The summed E-state index contributed by atoms with van der Waals surface area (Å²) in [4.78, 5) is 12.2. The summed E-state index contributed by atoms with van der Waals surface area (Å²) in [6.07, 6.45) is -9.40. The van der Waals surface area contributed by atoms with Crippen LogP contribution in [-0.2, 0) is 23.7 Å². The fourth-order valence-corrected chi connectivity index (χ4v) is 13.7. The van der Waals surface area contributed by atoms with Crippen molar-refractivity contribution in [1.82, 2.24) is 0 Å². The van der Waals surface area contributed by atoms with Crippen LogP contribution < -0.4 is 0 Å². The Labute approximate surface area is 335 Å². The first-order valence-corrected chi connectivity index (χ1v) is 21.1. The zero-order valence-corrected chi connectivity index (χ0v) is 34.2. The van der Waals surface area contributed by atoms with E-state index in [1.807, 2.05) is 6.92 Å². The molecule has 5 aliphatic carbocycles. The molecule has 0 aromatic rings. The molecule has 2 aliphatic heterocycles. The zero-order chi connectivity index (χ0) is 41.8. The molecule has 7 aliphatic rings. The second-order valence-electron chi connectivity index (χ2n) is 20.6. The van der Waals surface area contributed by atoms with Gasteiger partial charge in [0.2, 0.25) is 0 Å². The largest absolute Gasteiger partial charge is 0.479 e. The van der Waals surface area contributed by atoms with Crippen molar-refractivity contribution in [2.75, 3.05) is 19.8 Å². The second-order valence-corrected chi connectivity index (χ2v) is 20.6. The van der Waals surface area contributed by atoms with Crippen LogP contribution in [0.2, 0.25) is 0 Å². The Kier molecular flexibility index (Phi) is 11.5. The van der Waals surface area contributed by atoms with Crippen LogP contribution in [0.1, 0.15) is 99.3 Å². The number of carboxylic acid groups (broad SMARTS) is 1. The Balaban J connectivity index is 1.17. The molecule has 57 heavy (non-hydrogen) atoms. The van der Waals surface area contributed by atoms with E-state index in [-0.39, 0.29) is 58.0 Å². The van der Waals surface area contributed by atoms with E-state index in [2.05, 4.69) is 40.7 Å². The van der Waals surface area contributed by atoms with E-state index in [9.17, 15) is 55.9 Å². The van der Waals surface area contributed by atoms with E-state index in [1.165, 1.54) is 5.57 Å². The van der Waals surface area contributed by atoms with Crippen LogP contribution in [-0.4, -0.2) is 150 Å². The molecular weight excluding hydrogens is 744 g/mol. The summed E-state index contributed by atoms with van der Waals surface area (Å²) in [5.41, 5.74) is -0.561. The van der Waals surface area contributed by atoms with Gasteiger partial charge in [0, 0.05) is 17.4 Å². The lowest BCUT2D eigenvalue weighted by molar-refractivity contribution is -0.375. The van der Waals surface area contributed by atoms with Gasteiger partial charge in [-0.2, -0.15) is 0 Å².